The standard InChI is InChI=1S/C8H10O.C4H10O2/c9-7-6-8-4-2-1-3-5-8;1-3(5)4(2)6/h1-5,9H,6-7H2;3-6H,1-2H3. The van der Waals surface area contributed by atoms with Gasteiger partial charge in [0.05, 0.1) is 12.2 Å². The molecule has 1 rings (SSSR count). The smallest absolute Gasteiger partial charge is 0.0768 e. The second-order valence-electron chi connectivity index (χ2n) is 3.44. The van der Waals surface area contributed by atoms with Crippen LogP contribution in [0.25, 0.3) is 0 Å². The van der Waals surface area contributed by atoms with Crippen molar-refractivity contribution in [1.82, 2.24) is 0 Å². The van der Waals surface area contributed by atoms with Crippen LogP contribution in [0.4, 0.5) is 0 Å². The summed E-state index contributed by atoms with van der Waals surface area (Å²) in [6, 6.07) is 9.95. The molecule has 0 amide bonds. The fraction of sp³-hybridized carbons (Fsp3) is 0.500. The Morgan fingerprint density at radius 2 is 1.47 bits per heavy atom. The first-order valence-corrected chi connectivity index (χ1v) is 5.08. The quantitative estimate of drug-likeness (QED) is 0.699. The minimum Gasteiger partial charge on any atom is -0.396 e. The Balaban J connectivity index is 0.000000288. The summed E-state index contributed by atoms with van der Waals surface area (Å²) in [6.45, 7) is 3.33. The van der Waals surface area contributed by atoms with E-state index in [2.05, 4.69) is 0 Å². The molecule has 0 aromatic heterocycles. The third-order valence-electron chi connectivity index (χ3n) is 1.94. The fourth-order valence-electron chi connectivity index (χ4n) is 0.774. The summed E-state index contributed by atoms with van der Waals surface area (Å²) in [4.78, 5) is 0. The van der Waals surface area contributed by atoms with Crippen molar-refractivity contribution in [3.63, 3.8) is 0 Å². The highest BCUT2D eigenvalue weighted by atomic mass is 16.3. The molecule has 0 spiro atoms. The molecule has 0 saturated heterocycles. The number of aliphatic hydroxyl groups is 3. The molecule has 3 heteroatoms. The zero-order chi connectivity index (χ0) is 11.7. The first-order chi connectivity index (χ1) is 7.07. The third kappa shape index (κ3) is 8.12. The second-order valence-corrected chi connectivity index (χ2v) is 3.44. The van der Waals surface area contributed by atoms with Gasteiger partial charge in [-0.15, -0.1) is 0 Å². The average molecular weight is 212 g/mol. The van der Waals surface area contributed by atoms with E-state index in [-0.39, 0.29) is 6.61 Å². The monoisotopic (exact) mass is 212 g/mol. The van der Waals surface area contributed by atoms with Crippen LogP contribution in [0.2, 0.25) is 0 Å². The molecule has 3 nitrogen and oxygen atoms in total. The molecule has 2 unspecified atom stereocenters. The minimum atomic E-state index is -0.593. The maximum Gasteiger partial charge on any atom is 0.0768 e. The van der Waals surface area contributed by atoms with Gasteiger partial charge in [0.1, 0.15) is 0 Å². The van der Waals surface area contributed by atoms with E-state index in [9.17, 15) is 0 Å². The molecule has 0 aliphatic rings. The second kappa shape index (κ2) is 8.41. The highest BCUT2D eigenvalue weighted by molar-refractivity contribution is 5.14. The van der Waals surface area contributed by atoms with Crippen LogP contribution < -0.4 is 0 Å². The van der Waals surface area contributed by atoms with E-state index in [1.54, 1.807) is 13.8 Å². The van der Waals surface area contributed by atoms with Crippen LogP contribution in [0, 0.1) is 0 Å². The lowest BCUT2D eigenvalue weighted by atomic mass is 10.2. The highest BCUT2D eigenvalue weighted by Crippen LogP contribution is 1.97. The van der Waals surface area contributed by atoms with E-state index >= 15 is 0 Å². The zero-order valence-electron chi connectivity index (χ0n) is 9.30. The van der Waals surface area contributed by atoms with Crippen molar-refractivity contribution in [2.45, 2.75) is 32.5 Å². The van der Waals surface area contributed by atoms with Gasteiger partial charge in [-0.3, -0.25) is 0 Å². The summed E-state index contributed by atoms with van der Waals surface area (Å²) in [6.07, 6.45) is -0.420. The number of hydrogen-bond donors (Lipinski definition) is 3. The molecule has 0 heterocycles. The average Bonchev–Trinajstić information content (AvgIpc) is 2.20. The van der Waals surface area contributed by atoms with Crippen LogP contribution in [-0.4, -0.2) is 34.1 Å². The van der Waals surface area contributed by atoms with Gasteiger partial charge in [-0.25, -0.2) is 0 Å². The number of hydrogen-bond acceptors (Lipinski definition) is 3. The van der Waals surface area contributed by atoms with Gasteiger partial charge in [0, 0.05) is 6.61 Å². The van der Waals surface area contributed by atoms with Crippen LogP contribution in [0.1, 0.15) is 19.4 Å². The summed E-state index contributed by atoms with van der Waals surface area (Å²) in [5, 5.41) is 25.3. The Hall–Kier alpha value is -0.900. The Bertz CT molecular complexity index is 226. The zero-order valence-corrected chi connectivity index (χ0v) is 9.30. The van der Waals surface area contributed by atoms with Gasteiger partial charge in [-0.1, -0.05) is 30.3 Å². The number of benzene rings is 1. The van der Waals surface area contributed by atoms with Crippen molar-refractivity contribution in [3.8, 4) is 0 Å². The van der Waals surface area contributed by atoms with E-state index in [1.807, 2.05) is 30.3 Å². The Morgan fingerprint density at radius 3 is 1.80 bits per heavy atom. The van der Waals surface area contributed by atoms with Gasteiger partial charge in [0.15, 0.2) is 0 Å². The SMILES string of the molecule is CC(O)C(C)O.OCCc1ccccc1. The van der Waals surface area contributed by atoms with Crippen LogP contribution >= 0.6 is 0 Å². The molecule has 1 aromatic rings. The first kappa shape index (κ1) is 14.1. The van der Waals surface area contributed by atoms with Gasteiger partial charge in [-0.2, -0.15) is 0 Å². The van der Waals surface area contributed by atoms with E-state index in [0.717, 1.165) is 6.42 Å². The van der Waals surface area contributed by atoms with Crippen molar-refractivity contribution in [2.75, 3.05) is 6.61 Å². The van der Waals surface area contributed by atoms with E-state index < -0.39 is 12.2 Å². The molecule has 0 fully saturated rings. The minimum absolute atomic E-state index is 0.240. The van der Waals surface area contributed by atoms with E-state index in [4.69, 9.17) is 15.3 Å². The van der Waals surface area contributed by atoms with Crippen LogP contribution in [0.5, 0.6) is 0 Å². The molecule has 15 heavy (non-hydrogen) atoms. The van der Waals surface area contributed by atoms with Crippen LogP contribution in [0.15, 0.2) is 30.3 Å². The van der Waals surface area contributed by atoms with Gasteiger partial charge in [0.25, 0.3) is 0 Å². The van der Waals surface area contributed by atoms with E-state index in [0.29, 0.717) is 0 Å². The fourth-order valence-corrected chi connectivity index (χ4v) is 0.774. The summed E-state index contributed by atoms with van der Waals surface area (Å²) in [7, 11) is 0. The van der Waals surface area contributed by atoms with Crippen molar-refractivity contribution in [1.29, 1.82) is 0 Å². The summed E-state index contributed by atoms with van der Waals surface area (Å²) >= 11 is 0. The summed E-state index contributed by atoms with van der Waals surface area (Å²) in [5.41, 5.74) is 1.19. The van der Waals surface area contributed by atoms with Crippen molar-refractivity contribution in [2.24, 2.45) is 0 Å². The molecule has 0 radical (unpaired) electrons. The number of aliphatic hydroxyl groups excluding tert-OH is 3. The Kier molecular flexibility index (Phi) is 7.91. The lowest BCUT2D eigenvalue weighted by molar-refractivity contribution is 0.0438. The number of rotatable bonds is 3. The van der Waals surface area contributed by atoms with Gasteiger partial charge >= 0.3 is 0 Å². The topological polar surface area (TPSA) is 60.7 Å². The third-order valence-corrected chi connectivity index (χ3v) is 1.94. The van der Waals surface area contributed by atoms with Crippen molar-refractivity contribution in [3.05, 3.63) is 35.9 Å². The predicted molar refractivity (Wildman–Crippen MR) is 60.6 cm³/mol. The lowest BCUT2D eigenvalue weighted by Crippen LogP contribution is -2.17. The highest BCUT2D eigenvalue weighted by Gasteiger charge is 1.99. The lowest BCUT2D eigenvalue weighted by Gasteiger charge is -2.03. The normalized spacial score (nSPS) is 13.7. The Labute approximate surface area is 91.0 Å². The first-order valence-electron chi connectivity index (χ1n) is 5.08. The molecule has 86 valence electrons. The molecular weight excluding hydrogens is 192 g/mol. The molecule has 3 N–H and O–H groups in total. The molecule has 1 aromatic carbocycles. The van der Waals surface area contributed by atoms with Crippen LogP contribution in [0.3, 0.4) is 0 Å². The summed E-state index contributed by atoms with van der Waals surface area (Å²) in [5.74, 6) is 0. The largest absolute Gasteiger partial charge is 0.396 e. The molecule has 0 aliphatic heterocycles. The summed E-state index contributed by atoms with van der Waals surface area (Å²) < 4.78 is 0. The van der Waals surface area contributed by atoms with Gasteiger partial charge in [0.2, 0.25) is 0 Å². The van der Waals surface area contributed by atoms with Crippen molar-refractivity contribution >= 4 is 0 Å². The Morgan fingerprint density at radius 1 is 1.00 bits per heavy atom. The molecular formula is C12H20O3. The van der Waals surface area contributed by atoms with Gasteiger partial charge in [-0.05, 0) is 25.8 Å². The molecule has 2 atom stereocenters. The molecule has 0 aliphatic carbocycles. The molecule has 0 bridgehead atoms. The molecule has 0 saturated carbocycles. The van der Waals surface area contributed by atoms with Crippen molar-refractivity contribution < 1.29 is 15.3 Å². The van der Waals surface area contributed by atoms with Crippen LogP contribution in [-0.2, 0) is 6.42 Å². The predicted octanol–water partition coefficient (Wildman–Crippen LogP) is 0.969. The maximum absolute atomic E-state index is 8.52. The maximum atomic E-state index is 8.52. The van der Waals surface area contributed by atoms with E-state index in [1.165, 1.54) is 5.56 Å². The van der Waals surface area contributed by atoms with Gasteiger partial charge < -0.3 is 15.3 Å².